The highest BCUT2D eigenvalue weighted by molar-refractivity contribution is 9.10. The molecule has 0 unspecified atom stereocenters. The molecule has 1 aliphatic rings. The normalized spacial score (nSPS) is 12.7. The number of aliphatic carboxylic acids is 1. The van der Waals surface area contributed by atoms with E-state index in [-0.39, 0.29) is 5.56 Å². The van der Waals surface area contributed by atoms with E-state index in [0.29, 0.717) is 6.42 Å². The summed E-state index contributed by atoms with van der Waals surface area (Å²) in [4.78, 5) is 22.4. The summed E-state index contributed by atoms with van der Waals surface area (Å²) in [5, 5.41) is 8.44. The van der Waals surface area contributed by atoms with Gasteiger partial charge in [0, 0.05) is 10.0 Å². The standard InChI is InChI=1S/C17H11BrF2O3/c18-12-3-4-13-11(6-12)5-9-1-2-10(7-14(9)13)15(21)8-17(19,20)16(22)23/h1-4,6-7H,5,8H2,(H,22,23). The third kappa shape index (κ3) is 2.91. The lowest BCUT2D eigenvalue weighted by Crippen LogP contribution is -2.31. The molecule has 0 amide bonds. The van der Waals surface area contributed by atoms with Crippen LogP contribution in [-0.2, 0) is 11.2 Å². The highest BCUT2D eigenvalue weighted by atomic mass is 79.9. The molecule has 0 saturated carbocycles. The van der Waals surface area contributed by atoms with Crippen molar-refractivity contribution in [3.63, 3.8) is 0 Å². The number of fused-ring (bicyclic) bond motifs is 3. The van der Waals surface area contributed by atoms with Gasteiger partial charge >= 0.3 is 11.9 Å². The van der Waals surface area contributed by atoms with Gasteiger partial charge in [-0.25, -0.2) is 4.79 Å². The fraction of sp³-hybridized carbons (Fsp3) is 0.176. The SMILES string of the molecule is O=C(CC(F)(F)C(=O)O)c1ccc2c(c1)-c1ccc(Br)cc1C2. The maximum Gasteiger partial charge on any atom is 0.375 e. The third-order valence-electron chi connectivity index (χ3n) is 3.87. The Kier molecular flexibility index (Phi) is 3.80. The average molecular weight is 381 g/mol. The van der Waals surface area contributed by atoms with Crippen LogP contribution >= 0.6 is 15.9 Å². The predicted molar refractivity (Wildman–Crippen MR) is 83.9 cm³/mol. The molecule has 3 rings (SSSR count). The number of alkyl halides is 2. The molecule has 6 heteroatoms. The van der Waals surface area contributed by atoms with Crippen LogP contribution in [0.2, 0.25) is 0 Å². The van der Waals surface area contributed by atoms with Crippen molar-refractivity contribution in [2.45, 2.75) is 18.8 Å². The molecule has 0 saturated heterocycles. The number of hydrogen-bond donors (Lipinski definition) is 1. The number of carbonyl (C=O) groups is 2. The Balaban J connectivity index is 1.94. The highest BCUT2D eigenvalue weighted by Crippen LogP contribution is 2.38. The van der Waals surface area contributed by atoms with Gasteiger partial charge in [-0.1, -0.05) is 34.1 Å². The van der Waals surface area contributed by atoms with E-state index in [1.165, 1.54) is 6.07 Å². The number of Topliss-reactive ketones (excluding diaryl/α,β-unsaturated/α-hetero) is 1. The summed E-state index contributed by atoms with van der Waals surface area (Å²) >= 11 is 3.40. The number of hydrogen-bond acceptors (Lipinski definition) is 2. The largest absolute Gasteiger partial charge is 0.477 e. The van der Waals surface area contributed by atoms with E-state index in [0.717, 1.165) is 26.7 Å². The second-order valence-electron chi connectivity index (χ2n) is 5.46. The number of carboxylic acids is 1. The molecular formula is C17H11BrF2O3. The van der Waals surface area contributed by atoms with Gasteiger partial charge in [-0.05, 0) is 46.9 Å². The Morgan fingerprint density at radius 1 is 1.09 bits per heavy atom. The van der Waals surface area contributed by atoms with Crippen molar-refractivity contribution >= 4 is 27.7 Å². The van der Waals surface area contributed by atoms with Crippen molar-refractivity contribution < 1.29 is 23.5 Å². The van der Waals surface area contributed by atoms with Gasteiger partial charge in [0.2, 0.25) is 0 Å². The number of rotatable bonds is 4. The van der Waals surface area contributed by atoms with Crippen molar-refractivity contribution in [3.05, 3.63) is 57.6 Å². The summed E-state index contributed by atoms with van der Waals surface area (Å²) in [7, 11) is 0. The van der Waals surface area contributed by atoms with Crippen LogP contribution in [0.15, 0.2) is 40.9 Å². The van der Waals surface area contributed by atoms with Gasteiger partial charge in [0.25, 0.3) is 0 Å². The number of carboxylic acid groups (broad SMARTS) is 1. The molecule has 118 valence electrons. The van der Waals surface area contributed by atoms with Crippen LogP contribution in [0.1, 0.15) is 27.9 Å². The van der Waals surface area contributed by atoms with Crippen molar-refractivity contribution in [2.24, 2.45) is 0 Å². The van der Waals surface area contributed by atoms with E-state index < -0.39 is 24.1 Å². The maximum atomic E-state index is 13.2. The van der Waals surface area contributed by atoms with Crippen LogP contribution in [0, 0.1) is 0 Å². The summed E-state index contributed by atoms with van der Waals surface area (Å²) in [5.41, 5.74) is 4.00. The number of carbonyl (C=O) groups excluding carboxylic acids is 1. The van der Waals surface area contributed by atoms with Gasteiger partial charge in [0.15, 0.2) is 5.78 Å². The number of ketones is 1. The zero-order valence-electron chi connectivity index (χ0n) is 11.8. The van der Waals surface area contributed by atoms with Gasteiger partial charge < -0.3 is 5.11 Å². The molecule has 0 aromatic heterocycles. The van der Waals surface area contributed by atoms with Gasteiger partial charge in [-0.2, -0.15) is 8.78 Å². The average Bonchev–Trinajstić information content (AvgIpc) is 2.82. The molecule has 0 fully saturated rings. The van der Waals surface area contributed by atoms with Crippen LogP contribution < -0.4 is 0 Å². The van der Waals surface area contributed by atoms with E-state index in [2.05, 4.69) is 15.9 Å². The first-order valence-corrected chi connectivity index (χ1v) is 7.63. The monoisotopic (exact) mass is 380 g/mol. The third-order valence-corrected chi connectivity index (χ3v) is 4.36. The molecule has 3 nitrogen and oxygen atoms in total. The topological polar surface area (TPSA) is 54.4 Å². The summed E-state index contributed by atoms with van der Waals surface area (Å²) < 4.78 is 27.4. The van der Waals surface area contributed by atoms with Crippen molar-refractivity contribution in [2.75, 3.05) is 0 Å². The van der Waals surface area contributed by atoms with Crippen LogP contribution in [0.4, 0.5) is 8.78 Å². The molecule has 0 heterocycles. The van der Waals surface area contributed by atoms with E-state index in [1.54, 1.807) is 12.1 Å². The van der Waals surface area contributed by atoms with Gasteiger partial charge in [-0.15, -0.1) is 0 Å². The molecule has 1 aliphatic carbocycles. The second kappa shape index (κ2) is 5.53. The first kappa shape index (κ1) is 15.8. The lowest BCUT2D eigenvalue weighted by molar-refractivity contribution is -0.164. The molecule has 0 bridgehead atoms. The smallest absolute Gasteiger partial charge is 0.375 e. The minimum Gasteiger partial charge on any atom is -0.477 e. The Morgan fingerprint density at radius 3 is 2.52 bits per heavy atom. The first-order valence-electron chi connectivity index (χ1n) is 6.84. The molecule has 2 aromatic carbocycles. The van der Waals surface area contributed by atoms with E-state index in [4.69, 9.17) is 5.11 Å². The summed E-state index contributed by atoms with van der Waals surface area (Å²) in [6, 6.07) is 10.5. The molecule has 0 spiro atoms. The Bertz CT molecular complexity index is 831. The molecular weight excluding hydrogens is 370 g/mol. The molecule has 0 radical (unpaired) electrons. The van der Waals surface area contributed by atoms with Gasteiger partial charge in [0.05, 0.1) is 6.42 Å². The van der Waals surface area contributed by atoms with Gasteiger partial charge in [-0.3, -0.25) is 4.79 Å². The van der Waals surface area contributed by atoms with Crippen molar-refractivity contribution in [1.29, 1.82) is 0 Å². The summed E-state index contributed by atoms with van der Waals surface area (Å²) in [6.45, 7) is 0. The zero-order chi connectivity index (χ0) is 16.8. The minimum absolute atomic E-state index is 0.0976. The van der Waals surface area contributed by atoms with Crippen LogP contribution in [-0.4, -0.2) is 22.8 Å². The molecule has 2 aromatic rings. The first-order chi connectivity index (χ1) is 10.8. The molecule has 0 aliphatic heterocycles. The van der Waals surface area contributed by atoms with E-state index in [1.807, 2.05) is 18.2 Å². The fourth-order valence-electron chi connectivity index (χ4n) is 2.71. The quantitative estimate of drug-likeness (QED) is 0.686. The van der Waals surface area contributed by atoms with Crippen molar-refractivity contribution in [3.8, 4) is 11.1 Å². The highest BCUT2D eigenvalue weighted by Gasteiger charge is 2.41. The van der Waals surface area contributed by atoms with E-state index in [9.17, 15) is 18.4 Å². The molecule has 1 N–H and O–H groups in total. The van der Waals surface area contributed by atoms with Gasteiger partial charge in [0.1, 0.15) is 0 Å². The maximum absolute atomic E-state index is 13.2. The second-order valence-corrected chi connectivity index (χ2v) is 6.38. The Hall–Kier alpha value is -2.08. The lowest BCUT2D eigenvalue weighted by atomic mass is 9.98. The van der Waals surface area contributed by atoms with Crippen LogP contribution in [0.25, 0.3) is 11.1 Å². The lowest BCUT2D eigenvalue weighted by Gasteiger charge is -2.11. The summed E-state index contributed by atoms with van der Waals surface area (Å²) in [6.07, 6.45) is -0.627. The van der Waals surface area contributed by atoms with Crippen LogP contribution in [0.3, 0.4) is 0 Å². The Morgan fingerprint density at radius 2 is 1.83 bits per heavy atom. The molecule has 23 heavy (non-hydrogen) atoms. The Labute approximate surface area is 139 Å². The van der Waals surface area contributed by atoms with Crippen molar-refractivity contribution in [1.82, 2.24) is 0 Å². The predicted octanol–water partition coefficient (Wildman–Crippen LogP) is 4.31. The zero-order valence-corrected chi connectivity index (χ0v) is 13.4. The minimum atomic E-state index is -4.06. The van der Waals surface area contributed by atoms with E-state index >= 15 is 0 Å². The number of halogens is 3. The number of benzene rings is 2. The fourth-order valence-corrected chi connectivity index (χ4v) is 3.12. The summed E-state index contributed by atoms with van der Waals surface area (Å²) in [5.74, 6) is -7.23. The molecule has 0 atom stereocenters. The van der Waals surface area contributed by atoms with Crippen LogP contribution in [0.5, 0.6) is 0 Å².